The predicted octanol–water partition coefficient (Wildman–Crippen LogP) is 2.56. The van der Waals surface area contributed by atoms with E-state index in [4.69, 9.17) is 10.5 Å². The van der Waals surface area contributed by atoms with Gasteiger partial charge in [-0.1, -0.05) is 0 Å². The van der Waals surface area contributed by atoms with Gasteiger partial charge < -0.3 is 15.8 Å². The largest absolute Gasteiger partial charge is 0.399 e. The summed E-state index contributed by atoms with van der Waals surface area (Å²) < 4.78 is 5.67. The van der Waals surface area contributed by atoms with Crippen molar-refractivity contribution >= 4 is 11.4 Å². The Kier molecular flexibility index (Phi) is 3.67. The lowest BCUT2D eigenvalue weighted by Gasteiger charge is -2.23. The van der Waals surface area contributed by atoms with Gasteiger partial charge in [-0.25, -0.2) is 0 Å². The fourth-order valence-electron chi connectivity index (χ4n) is 2.11. The first-order chi connectivity index (χ1) is 7.74. The van der Waals surface area contributed by atoms with Gasteiger partial charge in [0, 0.05) is 24.5 Å². The van der Waals surface area contributed by atoms with E-state index >= 15 is 0 Å². The van der Waals surface area contributed by atoms with Crippen LogP contribution in [0.3, 0.4) is 0 Å². The smallest absolute Gasteiger partial charge is 0.0747 e. The fraction of sp³-hybridized carbons (Fsp3) is 0.538. The van der Waals surface area contributed by atoms with Crippen molar-refractivity contribution in [3.8, 4) is 0 Å². The van der Waals surface area contributed by atoms with Gasteiger partial charge in [0.2, 0.25) is 0 Å². The second-order valence-electron chi connectivity index (χ2n) is 4.50. The minimum atomic E-state index is 0.357. The van der Waals surface area contributed by atoms with Crippen LogP contribution in [0.25, 0.3) is 0 Å². The average molecular weight is 220 g/mol. The maximum Gasteiger partial charge on any atom is 0.0747 e. The van der Waals surface area contributed by atoms with Crippen LogP contribution in [-0.4, -0.2) is 19.3 Å². The van der Waals surface area contributed by atoms with Crippen LogP contribution in [0.5, 0.6) is 0 Å². The highest BCUT2D eigenvalue weighted by atomic mass is 16.5. The first-order valence-electron chi connectivity index (χ1n) is 5.97. The summed E-state index contributed by atoms with van der Waals surface area (Å²) in [5, 5.41) is 3.39. The van der Waals surface area contributed by atoms with E-state index in [9.17, 15) is 0 Å². The van der Waals surface area contributed by atoms with Crippen LogP contribution in [0.15, 0.2) is 18.2 Å². The number of aryl methyl sites for hydroxylation is 1. The number of nitrogens with one attached hydrogen (secondary N) is 1. The van der Waals surface area contributed by atoms with Crippen molar-refractivity contribution in [1.82, 2.24) is 0 Å². The van der Waals surface area contributed by atoms with Gasteiger partial charge in [0.1, 0.15) is 0 Å². The molecule has 1 aromatic rings. The number of nitrogens with two attached hydrogens (primary N) is 1. The van der Waals surface area contributed by atoms with Crippen LogP contribution >= 0.6 is 0 Å². The second-order valence-corrected chi connectivity index (χ2v) is 4.50. The Hall–Kier alpha value is -1.22. The van der Waals surface area contributed by atoms with Crippen LogP contribution < -0.4 is 11.1 Å². The van der Waals surface area contributed by atoms with E-state index in [0.29, 0.717) is 6.10 Å². The Morgan fingerprint density at radius 1 is 1.38 bits per heavy atom. The summed E-state index contributed by atoms with van der Waals surface area (Å²) in [6.45, 7) is 3.84. The number of hydrogen-bond acceptors (Lipinski definition) is 3. The van der Waals surface area contributed by atoms with Crippen molar-refractivity contribution in [2.24, 2.45) is 0 Å². The van der Waals surface area contributed by atoms with Crippen molar-refractivity contribution in [1.29, 1.82) is 0 Å². The number of nitrogen functional groups attached to an aromatic ring is 1. The molecule has 0 spiro atoms. The van der Waals surface area contributed by atoms with Crippen molar-refractivity contribution in [3.05, 3.63) is 23.8 Å². The lowest BCUT2D eigenvalue weighted by molar-refractivity contribution is 0.0247. The molecule has 2 rings (SSSR count). The van der Waals surface area contributed by atoms with Crippen LogP contribution in [0.1, 0.15) is 24.8 Å². The normalized spacial score (nSPS) is 20.7. The van der Waals surface area contributed by atoms with Gasteiger partial charge >= 0.3 is 0 Å². The third-order valence-corrected chi connectivity index (χ3v) is 2.91. The molecule has 0 aliphatic carbocycles. The molecule has 1 heterocycles. The molecule has 0 amide bonds. The molecule has 1 saturated heterocycles. The molecule has 3 N–H and O–H groups in total. The molecule has 16 heavy (non-hydrogen) atoms. The number of hydrogen-bond donors (Lipinski definition) is 2. The van der Waals surface area contributed by atoms with Gasteiger partial charge in [-0.3, -0.25) is 0 Å². The molecule has 1 aromatic carbocycles. The summed E-state index contributed by atoms with van der Waals surface area (Å²) in [7, 11) is 0. The van der Waals surface area contributed by atoms with Gasteiger partial charge in [0.05, 0.1) is 6.10 Å². The molecule has 0 radical (unpaired) electrons. The number of anilines is 2. The molecular weight excluding hydrogens is 200 g/mol. The molecule has 1 unspecified atom stereocenters. The Bertz CT molecular complexity index is 326. The van der Waals surface area contributed by atoms with E-state index < -0.39 is 0 Å². The van der Waals surface area contributed by atoms with Crippen LogP contribution in [0.2, 0.25) is 0 Å². The lowest BCUT2D eigenvalue weighted by Crippen LogP contribution is -2.27. The fourth-order valence-corrected chi connectivity index (χ4v) is 2.11. The molecule has 0 bridgehead atoms. The molecule has 0 aromatic heterocycles. The summed E-state index contributed by atoms with van der Waals surface area (Å²) in [5.74, 6) is 0. The van der Waals surface area contributed by atoms with Crippen molar-refractivity contribution < 1.29 is 4.74 Å². The second kappa shape index (κ2) is 5.21. The molecule has 1 aliphatic rings. The third-order valence-electron chi connectivity index (χ3n) is 2.91. The average Bonchev–Trinajstić information content (AvgIpc) is 2.27. The first-order valence-corrected chi connectivity index (χ1v) is 5.97. The summed E-state index contributed by atoms with van der Waals surface area (Å²) in [4.78, 5) is 0. The van der Waals surface area contributed by atoms with Gasteiger partial charge in [-0.2, -0.15) is 0 Å². The van der Waals surface area contributed by atoms with E-state index in [2.05, 4.69) is 18.3 Å². The topological polar surface area (TPSA) is 47.3 Å². The Morgan fingerprint density at radius 2 is 2.25 bits per heavy atom. The number of benzene rings is 1. The maximum absolute atomic E-state index is 5.80. The molecule has 3 heteroatoms. The molecule has 88 valence electrons. The summed E-state index contributed by atoms with van der Waals surface area (Å²) in [6, 6.07) is 6.05. The maximum atomic E-state index is 5.80. The van der Waals surface area contributed by atoms with Gasteiger partial charge in [-0.05, 0) is 49.9 Å². The van der Waals surface area contributed by atoms with E-state index in [1.165, 1.54) is 18.4 Å². The van der Waals surface area contributed by atoms with Crippen LogP contribution in [0, 0.1) is 6.92 Å². The minimum absolute atomic E-state index is 0.357. The van der Waals surface area contributed by atoms with Gasteiger partial charge in [-0.15, -0.1) is 0 Å². The van der Waals surface area contributed by atoms with Crippen molar-refractivity contribution in [2.75, 3.05) is 24.2 Å². The standard InChI is InChI=1S/C13H20N2O/c1-10-6-11(14)8-12(7-10)15-9-13-4-2-3-5-16-13/h6-8,13,15H,2-5,9,14H2,1H3. The summed E-state index contributed by atoms with van der Waals surface area (Å²) in [6.07, 6.45) is 4.00. The third kappa shape index (κ3) is 3.14. The summed E-state index contributed by atoms with van der Waals surface area (Å²) >= 11 is 0. The molecular formula is C13H20N2O. The number of ether oxygens (including phenoxy) is 1. The van der Waals surface area contributed by atoms with Crippen molar-refractivity contribution in [3.63, 3.8) is 0 Å². The zero-order valence-electron chi connectivity index (χ0n) is 9.83. The Balaban J connectivity index is 1.88. The first kappa shape index (κ1) is 11.3. The molecule has 1 atom stereocenters. The van der Waals surface area contributed by atoms with Gasteiger partial charge in [0.15, 0.2) is 0 Å². The molecule has 3 nitrogen and oxygen atoms in total. The Labute approximate surface area is 97.0 Å². The Morgan fingerprint density at radius 3 is 2.94 bits per heavy atom. The minimum Gasteiger partial charge on any atom is -0.399 e. The van der Waals surface area contributed by atoms with Gasteiger partial charge in [0.25, 0.3) is 0 Å². The quantitative estimate of drug-likeness (QED) is 0.770. The van der Waals surface area contributed by atoms with E-state index in [1.807, 2.05) is 12.1 Å². The SMILES string of the molecule is Cc1cc(N)cc(NCC2CCCCO2)c1. The zero-order chi connectivity index (χ0) is 11.4. The van der Waals surface area contributed by atoms with Crippen LogP contribution in [0.4, 0.5) is 11.4 Å². The van der Waals surface area contributed by atoms with Crippen molar-refractivity contribution in [2.45, 2.75) is 32.3 Å². The monoisotopic (exact) mass is 220 g/mol. The molecule has 1 aliphatic heterocycles. The lowest BCUT2D eigenvalue weighted by atomic mass is 10.1. The highest BCUT2D eigenvalue weighted by molar-refractivity contribution is 5.56. The van der Waals surface area contributed by atoms with E-state index in [-0.39, 0.29) is 0 Å². The summed E-state index contributed by atoms with van der Waals surface area (Å²) in [5.41, 5.74) is 8.89. The molecule has 1 fully saturated rings. The van der Waals surface area contributed by atoms with Crippen LogP contribution in [-0.2, 0) is 4.74 Å². The van der Waals surface area contributed by atoms with E-state index in [0.717, 1.165) is 30.9 Å². The molecule has 0 saturated carbocycles. The highest BCUT2D eigenvalue weighted by Gasteiger charge is 2.13. The highest BCUT2D eigenvalue weighted by Crippen LogP contribution is 2.18. The number of rotatable bonds is 3. The predicted molar refractivity (Wildman–Crippen MR) is 67.7 cm³/mol. The van der Waals surface area contributed by atoms with E-state index in [1.54, 1.807) is 0 Å². The zero-order valence-corrected chi connectivity index (χ0v) is 9.83.